The van der Waals surface area contributed by atoms with Gasteiger partial charge in [-0.05, 0) is 19.3 Å². The van der Waals surface area contributed by atoms with Gasteiger partial charge >= 0.3 is 0 Å². The summed E-state index contributed by atoms with van der Waals surface area (Å²) in [6, 6.07) is 0.145. The zero-order valence-corrected chi connectivity index (χ0v) is 14.7. The molecule has 134 valence electrons. The SMILES string of the molecule is CCC(Cn1ccnc1)NC(=O)C1(N2CCOCC2)CCCCC1. The normalized spacial score (nSPS) is 22.9. The van der Waals surface area contributed by atoms with E-state index in [0.29, 0.717) is 0 Å². The van der Waals surface area contributed by atoms with Crippen molar-refractivity contribution in [2.45, 2.75) is 63.6 Å². The lowest BCUT2D eigenvalue weighted by atomic mass is 9.79. The molecule has 1 unspecified atom stereocenters. The Morgan fingerprint density at radius 2 is 2.04 bits per heavy atom. The van der Waals surface area contributed by atoms with Crippen LogP contribution in [-0.2, 0) is 16.1 Å². The van der Waals surface area contributed by atoms with E-state index in [0.717, 1.165) is 65.0 Å². The summed E-state index contributed by atoms with van der Waals surface area (Å²) in [5.41, 5.74) is -0.329. The molecule has 2 fully saturated rings. The predicted molar refractivity (Wildman–Crippen MR) is 92.7 cm³/mol. The van der Waals surface area contributed by atoms with Crippen molar-refractivity contribution in [1.29, 1.82) is 0 Å². The van der Waals surface area contributed by atoms with Crippen LogP contribution in [0.4, 0.5) is 0 Å². The molecule has 24 heavy (non-hydrogen) atoms. The Bertz CT molecular complexity index is 505. The van der Waals surface area contributed by atoms with Crippen LogP contribution in [0.3, 0.4) is 0 Å². The van der Waals surface area contributed by atoms with Gasteiger partial charge in [-0.2, -0.15) is 0 Å². The molecule has 0 spiro atoms. The predicted octanol–water partition coefficient (Wildman–Crippen LogP) is 1.81. The maximum atomic E-state index is 13.3. The van der Waals surface area contributed by atoms with Gasteiger partial charge in [0.25, 0.3) is 0 Å². The fraction of sp³-hybridized carbons (Fsp3) is 0.778. The number of hydrogen-bond acceptors (Lipinski definition) is 4. The summed E-state index contributed by atoms with van der Waals surface area (Å²) >= 11 is 0. The summed E-state index contributed by atoms with van der Waals surface area (Å²) in [4.78, 5) is 19.8. The van der Waals surface area contributed by atoms with E-state index in [2.05, 4.69) is 22.1 Å². The number of carbonyl (C=O) groups excluding carboxylic acids is 1. The lowest BCUT2D eigenvalue weighted by molar-refractivity contribution is -0.141. The summed E-state index contributed by atoms with van der Waals surface area (Å²) in [6.07, 6.45) is 11.9. The van der Waals surface area contributed by atoms with Gasteiger partial charge in [0, 0.05) is 38.1 Å². The Balaban J connectivity index is 1.70. The number of imidazole rings is 1. The van der Waals surface area contributed by atoms with Gasteiger partial charge in [0.05, 0.1) is 19.5 Å². The Kier molecular flexibility index (Phi) is 5.89. The van der Waals surface area contributed by atoms with Gasteiger partial charge in [-0.1, -0.05) is 26.2 Å². The fourth-order valence-corrected chi connectivity index (χ4v) is 4.06. The monoisotopic (exact) mass is 334 g/mol. The standard InChI is InChI=1S/C18H30N4O2/c1-2-16(14-21-9-8-19-15-21)20-17(23)18(6-4-3-5-7-18)22-10-12-24-13-11-22/h8-9,15-16H,2-7,10-14H2,1H3,(H,20,23). The summed E-state index contributed by atoms with van der Waals surface area (Å²) in [7, 11) is 0. The topological polar surface area (TPSA) is 59.4 Å². The first-order valence-corrected chi connectivity index (χ1v) is 9.34. The molecule has 0 aromatic carbocycles. The highest BCUT2D eigenvalue weighted by atomic mass is 16.5. The van der Waals surface area contributed by atoms with Gasteiger partial charge in [0.1, 0.15) is 5.54 Å². The van der Waals surface area contributed by atoms with Crippen LogP contribution >= 0.6 is 0 Å². The molecule has 2 heterocycles. The van der Waals surface area contributed by atoms with Crippen LogP contribution in [-0.4, -0.2) is 58.2 Å². The second-order valence-corrected chi connectivity index (χ2v) is 7.03. The first-order chi connectivity index (χ1) is 11.7. The number of nitrogens with zero attached hydrogens (tertiary/aromatic N) is 3. The molecular weight excluding hydrogens is 304 g/mol. The third kappa shape index (κ3) is 3.81. The number of carbonyl (C=O) groups is 1. The highest BCUT2D eigenvalue weighted by Gasteiger charge is 2.45. The number of morpholine rings is 1. The molecule has 1 aliphatic heterocycles. The van der Waals surface area contributed by atoms with Crippen molar-refractivity contribution in [3.63, 3.8) is 0 Å². The molecule has 1 aromatic heterocycles. The molecule has 1 aliphatic carbocycles. The molecule has 2 aliphatic rings. The van der Waals surface area contributed by atoms with Crippen molar-refractivity contribution < 1.29 is 9.53 Å². The number of ether oxygens (including phenoxy) is 1. The lowest BCUT2D eigenvalue weighted by Crippen LogP contribution is -2.63. The van der Waals surface area contributed by atoms with E-state index in [1.54, 1.807) is 6.20 Å². The molecule has 1 aromatic rings. The molecule has 1 saturated carbocycles. The van der Waals surface area contributed by atoms with Crippen molar-refractivity contribution in [2.24, 2.45) is 0 Å². The van der Waals surface area contributed by atoms with Gasteiger partial charge < -0.3 is 14.6 Å². The summed E-state index contributed by atoms with van der Waals surface area (Å²) in [6.45, 7) is 6.12. The smallest absolute Gasteiger partial charge is 0.240 e. The van der Waals surface area contributed by atoms with Crippen LogP contribution < -0.4 is 5.32 Å². The maximum absolute atomic E-state index is 13.3. The van der Waals surface area contributed by atoms with Crippen LogP contribution in [0.1, 0.15) is 45.4 Å². The van der Waals surface area contributed by atoms with Crippen LogP contribution in [0, 0.1) is 0 Å². The first kappa shape index (κ1) is 17.4. The van der Waals surface area contributed by atoms with E-state index in [1.165, 1.54) is 6.42 Å². The molecule has 0 radical (unpaired) electrons. The molecule has 1 amide bonds. The van der Waals surface area contributed by atoms with E-state index < -0.39 is 0 Å². The van der Waals surface area contributed by atoms with Crippen molar-refractivity contribution in [2.75, 3.05) is 26.3 Å². The van der Waals surface area contributed by atoms with Gasteiger partial charge in [-0.3, -0.25) is 9.69 Å². The summed E-state index contributed by atoms with van der Waals surface area (Å²) in [5, 5.41) is 3.34. The van der Waals surface area contributed by atoms with Crippen LogP contribution in [0.5, 0.6) is 0 Å². The van der Waals surface area contributed by atoms with E-state index >= 15 is 0 Å². The Labute approximate surface area is 144 Å². The van der Waals surface area contributed by atoms with Crippen molar-refractivity contribution in [1.82, 2.24) is 19.8 Å². The van der Waals surface area contributed by atoms with Gasteiger partial charge in [-0.25, -0.2) is 4.98 Å². The van der Waals surface area contributed by atoms with E-state index in [-0.39, 0.29) is 17.5 Å². The summed E-state index contributed by atoms with van der Waals surface area (Å²) in [5.74, 6) is 0.219. The molecule has 6 nitrogen and oxygen atoms in total. The summed E-state index contributed by atoms with van der Waals surface area (Å²) < 4.78 is 7.54. The van der Waals surface area contributed by atoms with Crippen molar-refractivity contribution in [3.8, 4) is 0 Å². The maximum Gasteiger partial charge on any atom is 0.240 e. The molecule has 1 N–H and O–H groups in total. The number of aromatic nitrogens is 2. The second kappa shape index (κ2) is 8.12. The Morgan fingerprint density at radius 3 is 2.67 bits per heavy atom. The molecule has 6 heteroatoms. The molecule has 3 rings (SSSR count). The lowest BCUT2D eigenvalue weighted by Gasteiger charge is -2.47. The van der Waals surface area contributed by atoms with Crippen molar-refractivity contribution in [3.05, 3.63) is 18.7 Å². The van der Waals surface area contributed by atoms with Crippen LogP contribution in [0.25, 0.3) is 0 Å². The highest BCUT2D eigenvalue weighted by Crippen LogP contribution is 2.34. The van der Waals surface area contributed by atoms with E-state index in [9.17, 15) is 4.79 Å². The zero-order valence-electron chi connectivity index (χ0n) is 14.7. The zero-order chi connectivity index (χ0) is 16.8. The first-order valence-electron chi connectivity index (χ1n) is 9.34. The van der Waals surface area contributed by atoms with Gasteiger partial charge in [-0.15, -0.1) is 0 Å². The molecule has 1 atom stereocenters. The van der Waals surface area contributed by atoms with E-state index in [4.69, 9.17) is 4.74 Å². The Morgan fingerprint density at radius 1 is 1.29 bits per heavy atom. The average molecular weight is 334 g/mol. The highest BCUT2D eigenvalue weighted by molar-refractivity contribution is 5.86. The number of hydrogen-bond donors (Lipinski definition) is 1. The van der Waals surface area contributed by atoms with Crippen molar-refractivity contribution >= 4 is 5.91 Å². The third-order valence-corrected chi connectivity index (χ3v) is 5.54. The molecule has 1 saturated heterocycles. The number of nitrogens with one attached hydrogen (secondary N) is 1. The number of rotatable bonds is 6. The quantitative estimate of drug-likeness (QED) is 0.862. The van der Waals surface area contributed by atoms with Crippen LogP contribution in [0.15, 0.2) is 18.7 Å². The second-order valence-electron chi connectivity index (χ2n) is 7.03. The van der Waals surface area contributed by atoms with Gasteiger partial charge in [0.2, 0.25) is 5.91 Å². The fourth-order valence-electron chi connectivity index (χ4n) is 4.06. The van der Waals surface area contributed by atoms with Gasteiger partial charge in [0.15, 0.2) is 0 Å². The Hall–Kier alpha value is -1.40. The van der Waals surface area contributed by atoms with Crippen LogP contribution in [0.2, 0.25) is 0 Å². The average Bonchev–Trinajstić information content (AvgIpc) is 3.15. The number of amides is 1. The third-order valence-electron chi connectivity index (χ3n) is 5.54. The van der Waals surface area contributed by atoms with E-state index in [1.807, 2.05) is 17.1 Å². The molecular formula is C18H30N4O2. The largest absolute Gasteiger partial charge is 0.379 e. The minimum atomic E-state index is -0.329. The minimum Gasteiger partial charge on any atom is -0.379 e. The molecule has 0 bridgehead atoms. The minimum absolute atomic E-state index is 0.145.